The summed E-state index contributed by atoms with van der Waals surface area (Å²) in [7, 11) is -3.76. The summed E-state index contributed by atoms with van der Waals surface area (Å²) in [6, 6.07) is 25.7. The average Bonchev–Trinajstić information content (AvgIpc) is 3.61. The molecule has 0 radical (unpaired) electrons. The number of hydrogen-bond acceptors (Lipinski definition) is 4. The van der Waals surface area contributed by atoms with Crippen molar-refractivity contribution in [3.05, 3.63) is 108 Å². The lowest BCUT2D eigenvalue weighted by Crippen LogP contribution is -2.52. The zero-order chi connectivity index (χ0) is 30.7. The van der Waals surface area contributed by atoms with Crippen LogP contribution in [0, 0.1) is 5.82 Å². The van der Waals surface area contributed by atoms with Crippen LogP contribution in [0.3, 0.4) is 0 Å². The van der Waals surface area contributed by atoms with E-state index in [1.165, 1.54) is 15.3 Å². The van der Waals surface area contributed by atoms with E-state index in [9.17, 15) is 22.4 Å². The second kappa shape index (κ2) is 12.8. The van der Waals surface area contributed by atoms with Crippen LogP contribution >= 0.6 is 0 Å². The minimum Gasteiger partial charge on any atom is -0.352 e. The molecule has 1 saturated carbocycles. The molecule has 1 aliphatic heterocycles. The Morgan fingerprint density at radius 2 is 1.61 bits per heavy atom. The fraction of sp³-hybridized carbons (Fsp3) is 0.314. The molecule has 2 amide bonds. The molecule has 0 saturated heterocycles. The molecule has 1 unspecified atom stereocenters. The Balaban J connectivity index is 1.25. The smallest absolute Gasteiger partial charge is 0.265 e. The van der Waals surface area contributed by atoms with Crippen molar-refractivity contribution in [2.45, 2.75) is 68.5 Å². The first-order valence-corrected chi connectivity index (χ1v) is 16.7. The van der Waals surface area contributed by atoms with Crippen LogP contribution in [0.25, 0.3) is 10.8 Å². The topological polar surface area (TPSA) is 86.8 Å². The van der Waals surface area contributed by atoms with Crippen LogP contribution in [0.5, 0.6) is 0 Å². The van der Waals surface area contributed by atoms with Gasteiger partial charge in [0.2, 0.25) is 11.8 Å². The van der Waals surface area contributed by atoms with Gasteiger partial charge < -0.3 is 10.2 Å². The molecule has 1 N–H and O–H groups in total. The lowest BCUT2D eigenvalue weighted by molar-refractivity contribution is -0.141. The number of anilines is 1. The lowest BCUT2D eigenvalue weighted by Gasteiger charge is -2.32. The highest BCUT2D eigenvalue weighted by Gasteiger charge is 2.36. The zero-order valence-electron chi connectivity index (χ0n) is 24.5. The normalized spacial score (nSPS) is 16.2. The third-order valence-electron chi connectivity index (χ3n) is 8.70. The molecule has 228 valence electrons. The number of halogens is 1. The van der Waals surface area contributed by atoms with E-state index in [0.29, 0.717) is 16.6 Å². The minimum absolute atomic E-state index is 0.00517. The molecule has 0 aromatic heterocycles. The molecular weight excluding hydrogens is 577 g/mol. The molecule has 44 heavy (non-hydrogen) atoms. The van der Waals surface area contributed by atoms with Crippen molar-refractivity contribution in [1.82, 2.24) is 10.2 Å². The molecule has 7 nitrogen and oxygen atoms in total. The second-order valence-corrected chi connectivity index (χ2v) is 13.5. The van der Waals surface area contributed by atoms with E-state index in [1.54, 1.807) is 36.4 Å². The maximum Gasteiger partial charge on any atom is 0.265 e. The number of carbonyl (C=O) groups excluding carboxylic acids is 2. The predicted molar refractivity (Wildman–Crippen MR) is 169 cm³/mol. The number of sulfonamides is 1. The number of rotatable bonds is 11. The SMILES string of the molecule is O=C(NC1CCCC1)C(Cc1ccccc1)N(Cc1ccccc1F)C(=O)CCCN1c2cccc3cccc(c23)S1(=O)=O. The van der Waals surface area contributed by atoms with Crippen LogP contribution < -0.4 is 9.62 Å². The molecule has 6 rings (SSSR count). The van der Waals surface area contributed by atoms with Gasteiger partial charge in [-0.1, -0.05) is 85.6 Å². The Bertz CT molecular complexity index is 1770. The van der Waals surface area contributed by atoms with Crippen LogP contribution in [0.4, 0.5) is 10.1 Å². The fourth-order valence-corrected chi connectivity index (χ4v) is 8.20. The number of benzene rings is 4. The molecule has 0 bridgehead atoms. The Kier molecular flexibility index (Phi) is 8.66. The monoisotopic (exact) mass is 613 g/mol. The van der Waals surface area contributed by atoms with Crippen LogP contribution in [0.15, 0.2) is 95.9 Å². The van der Waals surface area contributed by atoms with Gasteiger partial charge in [0.25, 0.3) is 10.0 Å². The molecule has 1 heterocycles. The van der Waals surface area contributed by atoms with Crippen LogP contribution in [-0.2, 0) is 32.6 Å². The third-order valence-corrected chi connectivity index (χ3v) is 10.6. The van der Waals surface area contributed by atoms with Crippen molar-refractivity contribution in [1.29, 1.82) is 0 Å². The van der Waals surface area contributed by atoms with Gasteiger partial charge in [-0.3, -0.25) is 13.9 Å². The number of nitrogens with one attached hydrogen (secondary N) is 1. The Morgan fingerprint density at radius 3 is 2.36 bits per heavy atom. The first-order valence-electron chi connectivity index (χ1n) is 15.2. The summed E-state index contributed by atoms with van der Waals surface area (Å²) < 4.78 is 43.2. The van der Waals surface area contributed by atoms with Crippen molar-refractivity contribution < 1.29 is 22.4 Å². The Labute approximate surface area is 257 Å². The van der Waals surface area contributed by atoms with Gasteiger partial charge >= 0.3 is 0 Å². The first kappa shape index (κ1) is 29.8. The Hall–Kier alpha value is -4.24. The standard InChI is InChI=1S/C35H36FN3O4S/c36-29-18-7-4-13-27(29)24-38(31(23-25-11-2-1-3-12-25)35(41)37-28-16-5-6-17-28)33(40)21-10-22-39-30-19-8-14-26-15-9-20-32(34(26)30)44(39,42)43/h1-4,7-9,11-15,18-20,28,31H,5-6,10,16-17,21-24H2,(H,37,41). The van der Waals surface area contributed by atoms with E-state index in [0.717, 1.165) is 36.6 Å². The van der Waals surface area contributed by atoms with Gasteiger partial charge in [-0.05, 0) is 48.4 Å². The van der Waals surface area contributed by atoms with Crippen molar-refractivity contribution >= 4 is 38.3 Å². The van der Waals surface area contributed by atoms with E-state index in [1.807, 2.05) is 48.5 Å². The number of hydrogen-bond donors (Lipinski definition) is 1. The van der Waals surface area contributed by atoms with Crippen molar-refractivity contribution in [2.75, 3.05) is 10.8 Å². The lowest BCUT2D eigenvalue weighted by atomic mass is 10.0. The summed E-state index contributed by atoms with van der Waals surface area (Å²) in [6.07, 6.45) is 4.38. The number of amides is 2. The highest BCUT2D eigenvalue weighted by molar-refractivity contribution is 7.93. The summed E-state index contributed by atoms with van der Waals surface area (Å²) >= 11 is 0. The summed E-state index contributed by atoms with van der Waals surface area (Å²) in [4.78, 5) is 29.6. The quantitative estimate of drug-likeness (QED) is 0.226. The summed E-state index contributed by atoms with van der Waals surface area (Å²) in [6.45, 7) is 0.0287. The summed E-state index contributed by atoms with van der Waals surface area (Å²) in [5.41, 5.74) is 1.81. The maximum absolute atomic E-state index is 14.9. The van der Waals surface area contributed by atoms with Crippen LogP contribution in [0.1, 0.15) is 49.7 Å². The van der Waals surface area contributed by atoms with E-state index >= 15 is 0 Å². The maximum atomic E-state index is 14.9. The largest absolute Gasteiger partial charge is 0.352 e. The molecule has 1 atom stereocenters. The van der Waals surface area contributed by atoms with Gasteiger partial charge in [0.15, 0.2) is 0 Å². The van der Waals surface area contributed by atoms with E-state index in [2.05, 4.69) is 5.32 Å². The van der Waals surface area contributed by atoms with E-state index < -0.39 is 21.9 Å². The number of nitrogens with zero attached hydrogens (tertiary/aromatic N) is 2. The van der Waals surface area contributed by atoms with Gasteiger partial charge in [-0.2, -0.15) is 0 Å². The zero-order valence-corrected chi connectivity index (χ0v) is 25.3. The van der Waals surface area contributed by atoms with Gasteiger partial charge in [0.05, 0.1) is 10.6 Å². The van der Waals surface area contributed by atoms with E-state index in [4.69, 9.17) is 0 Å². The molecule has 1 fully saturated rings. The summed E-state index contributed by atoms with van der Waals surface area (Å²) in [5, 5.41) is 4.69. The molecule has 0 spiro atoms. The van der Waals surface area contributed by atoms with Crippen LogP contribution in [0.2, 0.25) is 0 Å². The van der Waals surface area contributed by atoms with Gasteiger partial charge in [-0.15, -0.1) is 0 Å². The van der Waals surface area contributed by atoms with Gasteiger partial charge in [0, 0.05) is 42.9 Å². The summed E-state index contributed by atoms with van der Waals surface area (Å²) in [5.74, 6) is -1.04. The third kappa shape index (κ3) is 6.06. The Morgan fingerprint density at radius 1 is 0.909 bits per heavy atom. The molecule has 2 aliphatic rings. The van der Waals surface area contributed by atoms with E-state index in [-0.39, 0.29) is 55.1 Å². The molecule has 4 aromatic rings. The minimum atomic E-state index is -3.76. The predicted octanol–water partition coefficient (Wildman–Crippen LogP) is 5.97. The van der Waals surface area contributed by atoms with Crippen molar-refractivity contribution in [3.8, 4) is 0 Å². The molecule has 9 heteroatoms. The molecule has 4 aromatic carbocycles. The number of carbonyl (C=O) groups is 2. The average molecular weight is 614 g/mol. The second-order valence-electron chi connectivity index (χ2n) is 11.6. The van der Waals surface area contributed by atoms with Crippen molar-refractivity contribution in [2.24, 2.45) is 0 Å². The highest BCUT2D eigenvalue weighted by atomic mass is 32.2. The van der Waals surface area contributed by atoms with Crippen LogP contribution in [-0.4, -0.2) is 43.8 Å². The van der Waals surface area contributed by atoms with Gasteiger partial charge in [-0.25, -0.2) is 12.8 Å². The van der Waals surface area contributed by atoms with Crippen molar-refractivity contribution in [3.63, 3.8) is 0 Å². The highest BCUT2D eigenvalue weighted by Crippen LogP contribution is 2.42. The molecule has 1 aliphatic carbocycles. The van der Waals surface area contributed by atoms with Gasteiger partial charge in [0.1, 0.15) is 11.9 Å². The fourth-order valence-electron chi connectivity index (χ4n) is 6.45. The molecular formula is C35H36FN3O4S. The first-order chi connectivity index (χ1) is 21.3.